The van der Waals surface area contributed by atoms with Crippen molar-refractivity contribution in [1.29, 1.82) is 0 Å². The molecule has 4 heteroatoms. The maximum atomic E-state index is 11.4. The van der Waals surface area contributed by atoms with Crippen molar-refractivity contribution in [3.05, 3.63) is 5.53 Å². The molecule has 0 N–H and O–H groups in total. The van der Waals surface area contributed by atoms with Crippen LogP contribution in [-0.2, 0) is 9.53 Å². The highest BCUT2D eigenvalue weighted by Gasteiger charge is 2.22. The van der Waals surface area contributed by atoms with E-state index in [0.29, 0.717) is 18.9 Å². The van der Waals surface area contributed by atoms with Crippen LogP contribution in [0.4, 0.5) is 0 Å². The fraction of sp³-hybridized carbons (Fsp3) is 0.818. The summed E-state index contributed by atoms with van der Waals surface area (Å²) in [5, 5.41) is 0. The van der Waals surface area contributed by atoms with Crippen LogP contribution in [0, 0.1) is 5.92 Å². The van der Waals surface area contributed by atoms with Gasteiger partial charge in [-0.25, -0.2) is 4.79 Å². The normalized spacial score (nSPS) is 25.0. The fourth-order valence-electron chi connectivity index (χ4n) is 1.72. The molecule has 0 aromatic heterocycles. The van der Waals surface area contributed by atoms with Crippen LogP contribution in [0.3, 0.4) is 0 Å². The SMILES string of the molecule is CC1CCCCCCC(=[N+]=[N-])C(=O)OC1. The van der Waals surface area contributed by atoms with Gasteiger partial charge in [0.15, 0.2) is 0 Å². The van der Waals surface area contributed by atoms with Gasteiger partial charge in [0.25, 0.3) is 0 Å². The minimum absolute atomic E-state index is 0.157. The molecule has 0 saturated carbocycles. The van der Waals surface area contributed by atoms with Crippen molar-refractivity contribution in [3.8, 4) is 0 Å². The van der Waals surface area contributed by atoms with Gasteiger partial charge in [-0.15, -0.1) is 0 Å². The second-order valence-electron chi connectivity index (χ2n) is 4.20. The highest BCUT2D eigenvalue weighted by molar-refractivity contribution is 6.33. The van der Waals surface area contributed by atoms with Gasteiger partial charge in [-0.05, 0) is 18.8 Å². The van der Waals surface area contributed by atoms with Gasteiger partial charge in [0.05, 0.1) is 13.0 Å². The zero-order chi connectivity index (χ0) is 11.1. The minimum atomic E-state index is -0.466. The Hall–Kier alpha value is -1.15. The monoisotopic (exact) mass is 210 g/mol. The first-order valence-electron chi connectivity index (χ1n) is 5.62. The summed E-state index contributed by atoms with van der Waals surface area (Å²) in [4.78, 5) is 14.4. The fourth-order valence-corrected chi connectivity index (χ4v) is 1.72. The molecule has 0 spiro atoms. The largest absolute Gasteiger partial charge is 0.457 e. The standard InChI is InChI=1S/C11H18N2O2/c1-9-6-4-2-3-5-7-10(13-12)11(14)15-8-9/h9H,2-8H2,1H3. The van der Waals surface area contributed by atoms with Gasteiger partial charge in [-0.2, -0.15) is 4.79 Å². The third-order valence-corrected chi connectivity index (χ3v) is 2.72. The van der Waals surface area contributed by atoms with Crippen LogP contribution < -0.4 is 0 Å². The number of carbonyl (C=O) groups is 1. The minimum Gasteiger partial charge on any atom is -0.457 e. The lowest BCUT2D eigenvalue weighted by molar-refractivity contribution is -0.141. The van der Waals surface area contributed by atoms with E-state index < -0.39 is 5.97 Å². The Kier molecular flexibility index (Phi) is 5.05. The second-order valence-corrected chi connectivity index (χ2v) is 4.20. The average molecular weight is 210 g/mol. The summed E-state index contributed by atoms with van der Waals surface area (Å²) in [6, 6.07) is 0. The van der Waals surface area contributed by atoms with Crippen LogP contribution in [0.5, 0.6) is 0 Å². The van der Waals surface area contributed by atoms with Crippen molar-refractivity contribution < 1.29 is 14.3 Å². The smallest absolute Gasteiger partial charge is 0.416 e. The zero-order valence-electron chi connectivity index (χ0n) is 9.24. The first-order chi connectivity index (χ1) is 7.24. The molecule has 1 unspecified atom stereocenters. The van der Waals surface area contributed by atoms with Crippen LogP contribution in [-0.4, -0.2) is 23.1 Å². The quantitative estimate of drug-likeness (QED) is 0.349. The topological polar surface area (TPSA) is 62.7 Å². The molecule has 1 rings (SSSR count). The molecule has 1 atom stereocenters. The number of carbonyl (C=O) groups excluding carboxylic acids is 1. The summed E-state index contributed by atoms with van der Waals surface area (Å²) in [6.07, 6.45) is 5.95. The summed E-state index contributed by atoms with van der Waals surface area (Å²) in [6.45, 7) is 2.50. The Bertz CT molecular complexity index is 270. The van der Waals surface area contributed by atoms with Gasteiger partial charge in [-0.1, -0.05) is 26.2 Å². The van der Waals surface area contributed by atoms with E-state index in [-0.39, 0.29) is 5.71 Å². The van der Waals surface area contributed by atoms with Gasteiger partial charge in [0, 0.05) is 0 Å². The molecule has 15 heavy (non-hydrogen) atoms. The number of cyclic esters (lactones) is 1. The number of hydrogen-bond donors (Lipinski definition) is 0. The van der Waals surface area contributed by atoms with Crippen molar-refractivity contribution in [1.82, 2.24) is 0 Å². The van der Waals surface area contributed by atoms with Gasteiger partial charge < -0.3 is 10.3 Å². The molecule has 1 fully saturated rings. The zero-order valence-corrected chi connectivity index (χ0v) is 9.24. The Morgan fingerprint density at radius 1 is 1.33 bits per heavy atom. The van der Waals surface area contributed by atoms with Gasteiger partial charge in [-0.3, -0.25) is 0 Å². The van der Waals surface area contributed by atoms with Crippen molar-refractivity contribution in [2.24, 2.45) is 5.92 Å². The summed E-state index contributed by atoms with van der Waals surface area (Å²) in [7, 11) is 0. The summed E-state index contributed by atoms with van der Waals surface area (Å²) in [5.41, 5.74) is 8.82. The third kappa shape index (κ3) is 4.26. The lowest BCUT2D eigenvalue weighted by Gasteiger charge is -2.09. The molecule has 1 aliphatic heterocycles. The van der Waals surface area contributed by atoms with Gasteiger partial charge in [0.2, 0.25) is 0 Å². The highest BCUT2D eigenvalue weighted by atomic mass is 16.5. The molecule has 1 saturated heterocycles. The Labute approximate surface area is 90.2 Å². The second kappa shape index (κ2) is 6.36. The number of nitrogens with zero attached hydrogens (tertiary/aromatic N) is 2. The molecule has 0 aliphatic carbocycles. The van der Waals surface area contributed by atoms with Crippen molar-refractivity contribution in [2.45, 2.75) is 45.4 Å². The van der Waals surface area contributed by atoms with E-state index >= 15 is 0 Å². The van der Waals surface area contributed by atoms with E-state index in [1.165, 1.54) is 12.8 Å². The van der Waals surface area contributed by atoms with Gasteiger partial charge >= 0.3 is 11.7 Å². The molecule has 1 heterocycles. The number of hydrogen-bond acceptors (Lipinski definition) is 2. The molecule has 84 valence electrons. The van der Waals surface area contributed by atoms with E-state index in [4.69, 9.17) is 10.3 Å². The number of rotatable bonds is 0. The van der Waals surface area contributed by atoms with Crippen LogP contribution in [0.25, 0.3) is 5.53 Å². The Morgan fingerprint density at radius 3 is 2.80 bits per heavy atom. The molecule has 0 amide bonds. The molecule has 0 radical (unpaired) electrons. The van der Waals surface area contributed by atoms with E-state index in [1.54, 1.807) is 0 Å². The third-order valence-electron chi connectivity index (χ3n) is 2.72. The summed E-state index contributed by atoms with van der Waals surface area (Å²) in [5.74, 6) is -0.0711. The van der Waals surface area contributed by atoms with Crippen LogP contribution in [0.15, 0.2) is 0 Å². The number of esters is 1. The lowest BCUT2D eigenvalue weighted by Crippen LogP contribution is -2.21. The maximum absolute atomic E-state index is 11.4. The van der Waals surface area contributed by atoms with Crippen molar-refractivity contribution in [2.75, 3.05) is 6.61 Å². The lowest BCUT2D eigenvalue weighted by atomic mass is 10.0. The Balaban J connectivity index is 2.57. The average Bonchev–Trinajstić information content (AvgIpc) is 2.27. The summed E-state index contributed by atoms with van der Waals surface area (Å²) < 4.78 is 5.06. The van der Waals surface area contributed by atoms with E-state index in [1.807, 2.05) is 0 Å². The first kappa shape index (κ1) is 11.9. The molecular formula is C11H18N2O2. The molecule has 0 aromatic carbocycles. The van der Waals surface area contributed by atoms with Crippen LogP contribution in [0.2, 0.25) is 0 Å². The van der Waals surface area contributed by atoms with Crippen LogP contribution in [0.1, 0.15) is 45.4 Å². The van der Waals surface area contributed by atoms with Crippen molar-refractivity contribution in [3.63, 3.8) is 0 Å². The Morgan fingerprint density at radius 2 is 2.07 bits per heavy atom. The molecule has 4 nitrogen and oxygen atoms in total. The molecular weight excluding hydrogens is 192 g/mol. The van der Waals surface area contributed by atoms with Crippen molar-refractivity contribution >= 4 is 11.7 Å². The van der Waals surface area contributed by atoms with Gasteiger partial charge in [0.1, 0.15) is 0 Å². The predicted molar refractivity (Wildman–Crippen MR) is 56.5 cm³/mol. The van der Waals surface area contributed by atoms with E-state index in [0.717, 1.165) is 19.3 Å². The summed E-state index contributed by atoms with van der Waals surface area (Å²) >= 11 is 0. The molecule has 1 aliphatic rings. The van der Waals surface area contributed by atoms with Crippen LogP contribution >= 0.6 is 0 Å². The molecule has 0 aromatic rings. The predicted octanol–water partition coefficient (Wildman–Crippen LogP) is 2.19. The maximum Gasteiger partial charge on any atom is 0.416 e. The number of ether oxygens (including phenoxy) is 1. The van der Waals surface area contributed by atoms with E-state index in [2.05, 4.69) is 11.7 Å². The highest BCUT2D eigenvalue weighted by Crippen LogP contribution is 2.13. The first-order valence-corrected chi connectivity index (χ1v) is 5.62. The van der Waals surface area contributed by atoms with E-state index in [9.17, 15) is 4.79 Å². The molecule has 0 bridgehead atoms.